The molecule has 0 amide bonds. The molecule has 3 heterocycles. The summed E-state index contributed by atoms with van der Waals surface area (Å²) in [4.78, 5) is 6.95. The number of imidazole rings is 1. The summed E-state index contributed by atoms with van der Waals surface area (Å²) in [6.07, 6.45) is 9.19. The Balaban J connectivity index is 1.44. The standard InChI is InChI=1S/C18H28N6/c1-3-24-17(13-23-11-8-19-14(23)2)20-21-18(24)16-6-9-22(10-7-16)12-15-4-5-15/h8,11,15-16H,3-7,9-10,12-13H2,1-2H3. The molecule has 6 nitrogen and oxygen atoms in total. The second-order valence-electron chi connectivity index (χ2n) is 7.34. The number of rotatable bonds is 6. The van der Waals surface area contributed by atoms with Crippen molar-refractivity contribution >= 4 is 0 Å². The molecule has 6 heteroatoms. The van der Waals surface area contributed by atoms with Crippen LogP contribution >= 0.6 is 0 Å². The third kappa shape index (κ3) is 3.24. The van der Waals surface area contributed by atoms with Crippen molar-refractivity contribution in [2.75, 3.05) is 19.6 Å². The fourth-order valence-electron chi connectivity index (χ4n) is 3.88. The van der Waals surface area contributed by atoms with Gasteiger partial charge in [-0.2, -0.15) is 0 Å². The maximum Gasteiger partial charge on any atom is 0.153 e. The van der Waals surface area contributed by atoms with Gasteiger partial charge >= 0.3 is 0 Å². The van der Waals surface area contributed by atoms with Crippen molar-refractivity contribution in [3.05, 3.63) is 29.9 Å². The molecule has 130 valence electrons. The van der Waals surface area contributed by atoms with Gasteiger partial charge in [-0.3, -0.25) is 0 Å². The lowest BCUT2D eigenvalue weighted by Crippen LogP contribution is -2.35. The number of piperidine rings is 1. The van der Waals surface area contributed by atoms with Gasteiger partial charge in [0.2, 0.25) is 0 Å². The molecule has 0 bridgehead atoms. The van der Waals surface area contributed by atoms with E-state index in [-0.39, 0.29) is 0 Å². The minimum Gasteiger partial charge on any atom is -0.328 e. The number of aryl methyl sites for hydroxylation is 1. The number of hydrogen-bond donors (Lipinski definition) is 0. The molecule has 24 heavy (non-hydrogen) atoms. The van der Waals surface area contributed by atoms with E-state index in [0.29, 0.717) is 5.92 Å². The van der Waals surface area contributed by atoms with Crippen LogP contribution in [-0.4, -0.2) is 48.8 Å². The Kier molecular flexibility index (Phi) is 4.39. The zero-order chi connectivity index (χ0) is 16.5. The van der Waals surface area contributed by atoms with Gasteiger partial charge in [0, 0.05) is 31.4 Å². The third-order valence-corrected chi connectivity index (χ3v) is 5.57. The summed E-state index contributed by atoms with van der Waals surface area (Å²) in [6, 6.07) is 0. The molecule has 0 N–H and O–H groups in total. The van der Waals surface area contributed by atoms with Crippen LogP contribution in [0.4, 0.5) is 0 Å². The van der Waals surface area contributed by atoms with E-state index in [9.17, 15) is 0 Å². The zero-order valence-corrected chi connectivity index (χ0v) is 14.9. The predicted octanol–water partition coefficient (Wildman–Crippen LogP) is 2.44. The molecule has 1 saturated heterocycles. The number of likely N-dealkylation sites (tertiary alicyclic amines) is 1. The lowest BCUT2D eigenvalue weighted by atomic mass is 9.95. The molecule has 0 spiro atoms. The molecule has 2 aliphatic rings. The van der Waals surface area contributed by atoms with Crippen LogP contribution in [0.1, 0.15) is 56.0 Å². The van der Waals surface area contributed by atoms with E-state index in [4.69, 9.17) is 0 Å². The highest BCUT2D eigenvalue weighted by Gasteiger charge is 2.29. The highest BCUT2D eigenvalue weighted by molar-refractivity contribution is 5.06. The van der Waals surface area contributed by atoms with Gasteiger partial charge in [0.25, 0.3) is 0 Å². The van der Waals surface area contributed by atoms with Crippen molar-refractivity contribution < 1.29 is 0 Å². The first-order valence-electron chi connectivity index (χ1n) is 9.36. The Hall–Kier alpha value is -1.69. The maximum absolute atomic E-state index is 4.58. The quantitative estimate of drug-likeness (QED) is 0.817. The average molecular weight is 328 g/mol. The first-order chi connectivity index (χ1) is 11.7. The van der Waals surface area contributed by atoms with Crippen LogP contribution in [0.25, 0.3) is 0 Å². The first-order valence-corrected chi connectivity index (χ1v) is 9.36. The van der Waals surface area contributed by atoms with E-state index in [0.717, 1.165) is 30.7 Å². The number of nitrogens with zero attached hydrogens (tertiary/aromatic N) is 6. The highest BCUT2D eigenvalue weighted by Crippen LogP contribution is 2.33. The van der Waals surface area contributed by atoms with Crippen LogP contribution < -0.4 is 0 Å². The average Bonchev–Trinajstić information content (AvgIpc) is 3.18. The first kappa shape index (κ1) is 15.8. The predicted molar refractivity (Wildman–Crippen MR) is 92.9 cm³/mol. The summed E-state index contributed by atoms with van der Waals surface area (Å²) in [7, 11) is 0. The van der Waals surface area contributed by atoms with Gasteiger partial charge in [0.15, 0.2) is 5.82 Å². The van der Waals surface area contributed by atoms with Gasteiger partial charge in [-0.05, 0) is 58.5 Å². The monoisotopic (exact) mass is 328 g/mol. The van der Waals surface area contributed by atoms with E-state index in [1.165, 1.54) is 51.1 Å². The van der Waals surface area contributed by atoms with E-state index in [1.54, 1.807) is 0 Å². The Morgan fingerprint density at radius 3 is 2.54 bits per heavy atom. The second-order valence-corrected chi connectivity index (χ2v) is 7.34. The molecule has 1 aliphatic heterocycles. The molecule has 2 aromatic heterocycles. The highest BCUT2D eigenvalue weighted by atomic mass is 15.3. The van der Waals surface area contributed by atoms with Crippen LogP contribution in [-0.2, 0) is 13.1 Å². The second kappa shape index (κ2) is 6.67. The van der Waals surface area contributed by atoms with Crippen molar-refractivity contribution in [1.29, 1.82) is 0 Å². The van der Waals surface area contributed by atoms with Crippen molar-refractivity contribution in [1.82, 2.24) is 29.2 Å². The number of aromatic nitrogens is 5. The summed E-state index contributed by atoms with van der Waals surface area (Å²) in [5, 5.41) is 9.09. The SMILES string of the molecule is CCn1c(Cn2ccnc2C)nnc1C1CCN(CC2CC2)CC1. The molecule has 1 aliphatic carbocycles. The van der Waals surface area contributed by atoms with Gasteiger partial charge in [0.1, 0.15) is 11.6 Å². The zero-order valence-electron chi connectivity index (χ0n) is 14.9. The summed E-state index contributed by atoms with van der Waals surface area (Å²) in [6.45, 7) is 9.67. The summed E-state index contributed by atoms with van der Waals surface area (Å²) < 4.78 is 4.46. The van der Waals surface area contributed by atoms with E-state index >= 15 is 0 Å². The third-order valence-electron chi connectivity index (χ3n) is 5.57. The molecular weight excluding hydrogens is 300 g/mol. The molecule has 0 radical (unpaired) electrons. The molecule has 0 aromatic carbocycles. The van der Waals surface area contributed by atoms with E-state index in [1.807, 2.05) is 19.3 Å². The molecule has 0 unspecified atom stereocenters. The topological polar surface area (TPSA) is 51.8 Å². The van der Waals surface area contributed by atoms with Gasteiger partial charge in [0.05, 0.1) is 6.54 Å². The lowest BCUT2D eigenvalue weighted by molar-refractivity contribution is 0.200. The normalized spacial score (nSPS) is 19.9. The lowest BCUT2D eigenvalue weighted by Gasteiger charge is -2.31. The van der Waals surface area contributed by atoms with Gasteiger partial charge in [-0.1, -0.05) is 0 Å². The largest absolute Gasteiger partial charge is 0.328 e. The summed E-state index contributed by atoms with van der Waals surface area (Å²) >= 11 is 0. The molecule has 2 fully saturated rings. The molecule has 1 saturated carbocycles. The van der Waals surface area contributed by atoms with Crippen molar-refractivity contribution in [3.8, 4) is 0 Å². The van der Waals surface area contributed by atoms with Crippen molar-refractivity contribution in [2.24, 2.45) is 5.92 Å². The smallest absolute Gasteiger partial charge is 0.153 e. The summed E-state index contributed by atoms with van der Waals surface area (Å²) in [5.74, 6) is 4.82. The molecule has 0 atom stereocenters. The molecule has 2 aromatic rings. The maximum atomic E-state index is 4.58. The van der Waals surface area contributed by atoms with Crippen LogP contribution in [0.3, 0.4) is 0 Å². The minimum absolute atomic E-state index is 0.561. The molecular formula is C18H28N6. The minimum atomic E-state index is 0.561. The molecule has 4 rings (SSSR count). The van der Waals surface area contributed by atoms with Crippen LogP contribution in [0.15, 0.2) is 12.4 Å². The van der Waals surface area contributed by atoms with Gasteiger partial charge < -0.3 is 14.0 Å². The Morgan fingerprint density at radius 1 is 1.12 bits per heavy atom. The Labute approximate surface area is 143 Å². The van der Waals surface area contributed by atoms with Gasteiger partial charge in [-0.25, -0.2) is 4.98 Å². The van der Waals surface area contributed by atoms with Crippen LogP contribution in [0.2, 0.25) is 0 Å². The van der Waals surface area contributed by atoms with E-state index < -0.39 is 0 Å². The van der Waals surface area contributed by atoms with Crippen LogP contribution in [0, 0.1) is 12.8 Å². The van der Waals surface area contributed by atoms with Crippen molar-refractivity contribution in [3.63, 3.8) is 0 Å². The fourth-order valence-corrected chi connectivity index (χ4v) is 3.88. The fraction of sp³-hybridized carbons (Fsp3) is 0.722. The Morgan fingerprint density at radius 2 is 1.92 bits per heavy atom. The number of hydrogen-bond acceptors (Lipinski definition) is 4. The van der Waals surface area contributed by atoms with Crippen LogP contribution in [0.5, 0.6) is 0 Å². The van der Waals surface area contributed by atoms with E-state index in [2.05, 4.69) is 36.1 Å². The van der Waals surface area contributed by atoms with Crippen molar-refractivity contribution in [2.45, 2.75) is 58.5 Å². The Bertz CT molecular complexity index is 675. The summed E-state index contributed by atoms with van der Waals surface area (Å²) in [5.41, 5.74) is 0. The van der Waals surface area contributed by atoms with Gasteiger partial charge in [-0.15, -0.1) is 10.2 Å².